The lowest BCUT2D eigenvalue weighted by Gasteiger charge is -2.30. The average Bonchev–Trinajstić information content (AvgIpc) is 2.38. The summed E-state index contributed by atoms with van der Waals surface area (Å²) in [5.41, 5.74) is -0.779. The monoisotopic (exact) mass is 263 g/mol. The first kappa shape index (κ1) is 14.0. The summed E-state index contributed by atoms with van der Waals surface area (Å²) >= 11 is 0. The molecule has 0 radical (unpaired) electrons. The van der Waals surface area contributed by atoms with Gasteiger partial charge in [-0.05, 0) is 32.8 Å². The van der Waals surface area contributed by atoms with E-state index in [0.717, 1.165) is 19.3 Å². The van der Waals surface area contributed by atoms with Crippen molar-refractivity contribution in [2.45, 2.75) is 57.7 Å². The second kappa shape index (κ2) is 5.70. The van der Waals surface area contributed by atoms with Crippen molar-refractivity contribution >= 4 is 5.78 Å². The molecule has 0 unspecified atom stereocenters. The fourth-order valence-electron chi connectivity index (χ4n) is 2.51. The van der Waals surface area contributed by atoms with Crippen molar-refractivity contribution in [2.24, 2.45) is 0 Å². The van der Waals surface area contributed by atoms with E-state index in [4.69, 9.17) is 4.74 Å². The molecule has 19 heavy (non-hydrogen) atoms. The van der Waals surface area contributed by atoms with Crippen molar-refractivity contribution in [3.8, 4) is 5.75 Å². The van der Waals surface area contributed by atoms with Gasteiger partial charge in [-0.2, -0.15) is 0 Å². The molecule has 104 valence electrons. The molecular formula is C15H21NO3. The SMILES string of the molecule is CC(C)Oc1cncc(C(=O)C2(O)CCCCC2)c1. The second-order valence-electron chi connectivity index (χ2n) is 5.50. The largest absolute Gasteiger partial charge is 0.489 e. The number of hydrogen-bond donors (Lipinski definition) is 1. The Morgan fingerprint density at radius 1 is 1.32 bits per heavy atom. The number of ether oxygens (including phenoxy) is 1. The van der Waals surface area contributed by atoms with E-state index >= 15 is 0 Å². The van der Waals surface area contributed by atoms with Gasteiger partial charge in [-0.15, -0.1) is 0 Å². The third-order valence-electron chi connectivity index (χ3n) is 3.45. The molecular weight excluding hydrogens is 242 g/mol. The Bertz CT molecular complexity index is 450. The van der Waals surface area contributed by atoms with Crippen LogP contribution in [0.5, 0.6) is 5.75 Å². The molecule has 1 aliphatic rings. The van der Waals surface area contributed by atoms with Crippen LogP contribution in [0.3, 0.4) is 0 Å². The van der Waals surface area contributed by atoms with Gasteiger partial charge in [0.15, 0.2) is 5.78 Å². The molecule has 0 bridgehead atoms. The molecule has 1 aliphatic carbocycles. The highest BCUT2D eigenvalue weighted by Gasteiger charge is 2.37. The lowest BCUT2D eigenvalue weighted by Crippen LogP contribution is -2.40. The maximum atomic E-state index is 12.4. The van der Waals surface area contributed by atoms with Crippen LogP contribution in [-0.4, -0.2) is 27.6 Å². The molecule has 1 fully saturated rings. The van der Waals surface area contributed by atoms with Gasteiger partial charge in [0.1, 0.15) is 11.4 Å². The quantitative estimate of drug-likeness (QED) is 0.849. The summed E-state index contributed by atoms with van der Waals surface area (Å²) in [4.78, 5) is 16.4. The van der Waals surface area contributed by atoms with Crippen LogP contribution in [0, 0.1) is 0 Å². The predicted octanol–water partition coefficient (Wildman–Crippen LogP) is 2.75. The number of nitrogens with zero attached hydrogens (tertiary/aromatic N) is 1. The number of pyridine rings is 1. The summed E-state index contributed by atoms with van der Waals surface area (Å²) in [5.74, 6) is 0.342. The lowest BCUT2D eigenvalue weighted by molar-refractivity contribution is 0.0116. The van der Waals surface area contributed by atoms with E-state index in [-0.39, 0.29) is 11.9 Å². The Balaban J connectivity index is 2.18. The number of Topliss-reactive ketones (excluding diaryl/α,β-unsaturated/α-hetero) is 1. The van der Waals surface area contributed by atoms with Gasteiger partial charge in [0.2, 0.25) is 0 Å². The summed E-state index contributed by atoms with van der Waals surface area (Å²) in [5, 5.41) is 10.4. The Labute approximate surface area is 113 Å². The zero-order valence-corrected chi connectivity index (χ0v) is 11.6. The van der Waals surface area contributed by atoms with Gasteiger partial charge in [0.05, 0.1) is 12.3 Å². The Morgan fingerprint density at radius 3 is 2.63 bits per heavy atom. The highest BCUT2D eigenvalue weighted by Crippen LogP contribution is 2.31. The minimum Gasteiger partial charge on any atom is -0.489 e. The normalized spacial score (nSPS) is 18.3. The molecule has 2 rings (SSSR count). The minimum atomic E-state index is -1.21. The molecule has 0 aliphatic heterocycles. The van der Waals surface area contributed by atoms with Crippen LogP contribution < -0.4 is 4.74 Å². The van der Waals surface area contributed by atoms with E-state index in [0.29, 0.717) is 24.2 Å². The maximum absolute atomic E-state index is 12.4. The first-order valence-electron chi connectivity index (χ1n) is 6.90. The molecule has 0 spiro atoms. The summed E-state index contributed by atoms with van der Waals surface area (Å²) < 4.78 is 5.53. The number of aliphatic hydroxyl groups is 1. The van der Waals surface area contributed by atoms with Crippen LogP contribution in [0.4, 0.5) is 0 Å². The van der Waals surface area contributed by atoms with Gasteiger partial charge < -0.3 is 9.84 Å². The van der Waals surface area contributed by atoms with Gasteiger partial charge in [0.25, 0.3) is 0 Å². The fourth-order valence-corrected chi connectivity index (χ4v) is 2.51. The van der Waals surface area contributed by atoms with Crippen LogP contribution in [0.25, 0.3) is 0 Å². The fraction of sp³-hybridized carbons (Fsp3) is 0.600. The molecule has 1 saturated carbocycles. The van der Waals surface area contributed by atoms with E-state index in [1.165, 1.54) is 6.20 Å². The van der Waals surface area contributed by atoms with Gasteiger partial charge in [-0.3, -0.25) is 9.78 Å². The van der Waals surface area contributed by atoms with Gasteiger partial charge in [-0.1, -0.05) is 19.3 Å². The van der Waals surface area contributed by atoms with Gasteiger partial charge in [-0.25, -0.2) is 0 Å². The molecule has 1 N–H and O–H groups in total. The molecule has 4 heteroatoms. The van der Waals surface area contributed by atoms with E-state index in [1.807, 2.05) is 13.8 Å². The van der Waals surface area contributed by atoms with Crippen molar-refractivity contribution in [1.82, 2.24) is 4.98 Å². The van der Waals surface area contributed by atoms with Crippen molar-refractivity contribution in [2.75, 3.05) is 0 Å². The molecule has 0 aromatic carbocycles. The lowest BCUT2D eigenvalue weighted by atomic mass is 9.80. The predicted molar refractivity (Wildman–Crippen MR) is 72.4 cm³/mol. The standard InChI is InChI=1S/C15H21NO3/c1-11(2)19-13-8-12(9-16-10-13)14(17)15(18)6-4-3-5-7-15/h8-11,18H,3-7H2,1-2H3. The second-order valence-corrected chi connectivity index (χ2v) is 5.50. The topological polar surface area (TPSA) is 59.4 Å². The summed E-state index contributed by atoms with van der Waals surface area (Å²) in [6.07, 6.45) is 7.09. The number of aromatic nitrogens is 1. The minimum absolute atomic E-state index is 0.0323. The number of hydrogen-bond acceptors (Lipinski definition) is 4. The third-order valence-corrected chi connectivity index (χ3v) is 3.45. The molecule has 1 aromatic heterocycles. The Morgan fingerprint density at radius 2 is 2.00 bits per heavy atom. The van der Waals surface area contributed by atoms with E-state index in [1.54, 1.807) is 12.3 Å². The molecule has 4 nitrogen and oxygen atoms in total. The van der Waals surface area contributed by atoms with Gasteiger partial charge >= 0.3 is 0 Å². The van der Waals surface area contributed by atoms with Crippen LogP contribution in [-0.2, 0) is 0 Å². The van der Waals surface area contributed by atoms with Crippen molar-refractivity contribution in [1.29, 1.82) is 0 Å². The number of carbonyl (C=O) groups is 1. The molecule has 0 atom stereocenters. The number of rotatable bonds is 4. The zero-order valence-electron chi connectivity index (χ0n) is 11.6. The number of ketones is 1. The molecule has 1 aromatic rings. The van der Waals surface area contributed by atoms with Crippen LogP contribution in [0.1, 0.15) is 56.3 Å². The average molecular weight is 263 g/mol. The van der Waals surface area contributed by atoms with Crippen LogP contribution >= 0.6 is 0 Å². The summed E-state index contributed by atoms with van der Waals surface area (Å²) in [6.45, 7) is 3.84. The molecule has 0 saturated heterocycles. The summed E-state index contributed by atoms with van der Waals surface area (Å²) in [6, 6.07) is 1.67. The maximum Gasteiger partial charge on any atom is 0.196 e. The van der Waals surface area contributed by atoms with Crippen LogP contribution in [0.15, 0.2) is 18.5 Å². The molecule has 0 amide bonds. The van der Waals surface area contributed by atoms with Crippen molar-refractivity contribution < 1.29 is 14.6 Å². The van der Waals surface area contributed by atoms with E-state index < -0.39 is 5.60 Å². The Kier molecular flexibility index (Phi) is 4.20. The smallest absolute Gasteiger partial charge is 0.196 e. The van der Waals surface area contributed by atoms with E-state index in [9.17, 15) is 9.90 Å². The van der Waals surface area contributed by atoms with Crippen molar-refractivity contribution in [3.05, 3.63) is 24.0 Å². The van der Waals surface area contributed by atoms with Gasteiger partial charge in [0, 0.05) is 11.8 Å². The summed E-state index contributed by atoms with van der Waals surface area (Å²) in [7, 11) is 0. The number of carbonyl (C=O) groups excluding carboxylic acids is 1. The molecule has 1 heterocycles. The Hall–Kier alpha value is -1.42. The third kappa shape index (κ3) is 3.32. The van der Waals surface area contributed by atoms with Crippen LogP contribution in [0.2, 0.25) is 0 Å². The first-order chi connectivity index (χ1) is 9.01. The van der Waals surface area contributed by atoms with Crippen molar-refractivity contribution in [3.63, 3.8) is 0 Å². The highest BCUT2D eigenvalue weighted by atomic mass is 16.5. The first-order valence-corrected chi connectivity index (χ1v) is 6.90. The zero-order chi connectivity index (χ0) is 13.9. The highest BCUT2D eigenvalue weighted by molar-refractivity contribution is 6.02. The van der Waals surface area contributed by atoms with E-state index in [2.05, 4.69) is 4.98 Å².